The van der Waals surface area contributed by atoms with Gasteiger partial charge in [0.1, 0.15) is 49.2 Å². The van der Waals surface area contributed by atoms with Gasteiger partial charge >= 0.3 is 23.9 Å². The van der Waals surface area contributed by atoms with Gasteiger partial charge in [-0.1, -0.05) is 0 Å². The van der Waals surface area contributed by atoms with E-state index in [0.717, 1.165) is 0 Å². The maximum atomic E-state index is 12.3. The molecule has 0 unspecified atom stereocenters. The monoisotopic (exact) mass is 614 g/mol. The Bertz CT molecular complexity index is 1590. The number of carbonyl (C=O) groups is 4. The minimum absolute atomic E-state index is 0.0622. The van der Waals surface area contributed by atoms with Crippen LogP contribution < -0.4 is 35.5 Å². The number of nitrogens with one attached hydrogen (secondary N) is 4. The van der Waals surface area contributed by atoms with Gasteiger partial charge in [-0.25, -0.2) is 14.4 Å². The number of benzene rings is 4. The van der Waals surface area contributed by atoms with E-state index in [2.05, 4.69) is 21.3 Å². The molecular weight excluding hydrogens is 584 g/mol. The lowest BCUT2D eigenvalue weighted by atomic mass is 10.3. The van der Waals surface area contributed by atoms with Gasteiger partial charge in [0, 0.05) is 22.7 Å². The molecule has 0 saturated carbocycles. The maximum Gasteiger partial charge on any atom is 0.330 e. The lowest BCUT2D eigenvalue weighted by Gasteiger charge is -2.10. The van der Waals surface area contributed by atoms with Crippen LogP contribution in [-0.2, 0) is 19.2 Å². The molecule has 0 aromatic heterocycles. The number of phenolic OH excluding ortho intramolecular Hbond substituents is 1. The van der Waals surface area contributed by atoms with Crippen molar-refractivity contribution in [3.8, 4) is 23.0 Å². The van der Waals surface area contributed by atoms with Gasteiger partial charge in [-0.2, -0.15) is 0 Å². The lowest BCUT2D eigenvalue weighted by Crippen LogP contribution is -2.20. The fourth-order valence-corrected chi connectivity index (χ4v) is 3.70. The van der Waals surface area contributed by atoms with Crippen molar-refractivity contribution in [2.24, 2.45) is 0 Å². The summed E-state index contributed by atoms with van der Waals surface area (Å²) in [5.41, 5.74) is 2.47. The summed E-state index contributed by atoms with van der Waals surface area (Å²) in [6.45, 7) is -0.514. The van der Waals surface area contributed by atoms with Crippen LogP contribution in [0.2, 0.25) is 0 Å². The van der Waals surface area contributed by atoms with E-state index < -0.39 is 23.9 Å². The van der Waals surface area contributed by atoms with Crippen LogP contribution in [0.25, 0.3) is 0 Å². The van der Waals surface area contributed by atoms with Crippen LogP contribution >= 0.6 is 0 Å². The Balaban J connectivity index is 1.13. The van der Waals surface area contributed by atoms with Gasteiger partial charge in [0.05, 0.1) is 0 Å². The quantitative estimate of drug-likeness (QED) is 0.0643. The van der Waals surface area contributed by atoms with E-state index in [1.807, 2.05) is 0 Å². The summed E-state index contributed by atoms with van der Waals surface area (Å²) >= 11 is 0. The highest BCUT2D eigenvalue weighted by Gasteiger charge is 2.09. The van der Waals surface area contributed by atoms with E-state index in [4.69, 9.17) is 19.3 Å². The van der Waals surface area contributed by atoms with E-state index in [1.165, 1.54) is 12.1 Å². The van der Waals surface area contributed by atoms with E-state index >= 15 is 0 Å². The zero-order valence-corrected chi connectivity index (χ0v) is 23.8. The first-order valence-electron chi connectivity index (χ1n) is 13.6. The molecule has 0 aliphatic heterocycles. The molecule has 4 rings (SSSR count). The van der Waals surface area contributed by atoms with Crippen LogP contribution in [0.15, 0.2) is 97.1 Å². The predicted molar refractivity (Wildman–Crippen MR) is 166 cm³/mol. The van der Waals surface area contributed by atoms with Crippen LogP contribution in [-0.4, -0.2) is 60.3 Å². The third kappa shape index (κ3) is 11.2. The number of anilines is 4. The summed E-state index contributed by atoms with van der Waals surface area (Å²) in [4.78, 5) is 47.1. The second-order valence-corrected chi connectivity index (χ2v) is 9.35. The molecule has 0 aliphatic carbocycles. The fourth-order valence-electron chi connectivity index (χ4n) is 3.70. The van der Waals surface area contributed by atoms with Crippen molar-refractivity contribution in [3.05, 3.63) is 97.1 Å². The van der Waals surface area contributed by atoms with Gasteiger partial charge in [0.25, 0.3) is 0 Å². The molecule has 0 bridgehead atoms. The molecule has 4 aromatic carbocycles. The van der Waals surface area contributed by atoms with Gasteiger partial charge in [0.2, 0.25) is 0 Å². The van der Waals surface area contributed by atoms with Crippen molar-refractivity contribution in [1.29, 1.82) is 0 Å². The smallest absolute Gasteiger partial charge is 0.330 e. The van der Waals surface area contributed by atoms with Gasteiger partial charge < -0.3 is 45.7 Å². The molecule has 0 saturated heterocycles. The number of ether oxygens (including phenoxy) is 3. The lowest BCUT2D eigenvalue weighted by molar-refractivity contribution is -0.135. The van der Waals surface area contributed by atoms with Crippen molar-refractivity contribution < 1.29 is 43.6 Å². The molecule has 232 valence electrons. The number of carbonyl (C=O) groups excluding carboxylic acids is 3. The molecular formula is C32H30N4O9. The summed E-state index contributed by atoms with van der Waals surface area (Å²) in [5, 5.41) is 29.5. The highest BCUT2D eigenvalue weighted by molar-refractivity contribution is 5.79. The first-order valence-corrected chi connectivity index (χ1v) is 13.6. The third-order valence-electron chi connectivity index (χ3n) is 5.88. The Labute approximate surface area is 257 Å². The van der Waals surface area contributed by atoms with Crippen LogP contribution in [0.3, 0.4) is 0 Å². The van der Waals surface area contributed by atoms with Gasteiger partial charge in [-0.15, -0.1) is 0 Å². The molecule has 45 heavy (non-hydrogen) atoms. The number of carboxylic acid groups (broad SMARTS) is 1. The SMILES string of the molecule is O=C(O)CNc1ccc(OC(=O)CNc2ccc(OC(=O)CNc3ccc(OC(=O)CNc4ccc(O)cc4)cc3)cc2)cc1. The first kappa shape index (κ1) is 31.7. The van der Waals surface area contributed by atoms with Crippen molar-refractivity contribution >= 4 is 46.6 Å². The van der Waals surface area contributed by atoms with E-state index in [-0.39, 0.29) is 31.9 Å². The average Bonchev–Trinajstić information content (AvgIpc) is 3.03. The third-order valence-corrected chi connectivity index (χ3v) is 5.88. The molecule has 0 fully saturated rings. The minimum Gasteiger partial charge on any atom is -0.508 e. The van der Waals surface area contributed by atoms with Gasteiger partial charge in [0.15, 0.2) is 0 Å². The number of esters is 3. The fraction of sp³-hybridized carbons (Fsp3) is 0.125. The van der Waals surface area contributed by atoms with Crippen LogP contribution in [0.5, 0.6) is 23.0 Å². The van der Waals surface area contributed by atoms with E-state index in [9.17, 15) is 24.3 Å². The molecule has 13 heteroatoms. The zero-order chi connectivity index (χ0) is 32.0. The highest BCUT2D eigenvalue weighted by Crippen LogP contribution is 2.19. The predicted octanol–water partition coefficient (Wildman–Crippen LogP) is 3.94. The van der Waals surface area contributed by atoms with Crippen LogP contribution in [0, 0.1) is 0 Å². The highest BCUT2D eigenvalue weighted by atomic mass is 16.5. The number of carboxylic acids is 1. The largest absolute Gasteiger partial charge is 0.508 e. The first-order chi connectivity index (χ1) is 21.7. The second kappa shape index (κ2) is 15.8. The average molecular weight is 615 g/mol. The molecule has 0 spiro atoms. The standard InChI is InChI=1S/C32H30N4O9/c37-25-9-1-21(2-10-25)34-18-30(40)44-27-13-5-23(6-14-27)36-20-32(42)45-28-15-7-24(8-16-28)35-19-31(41)43-26-11-3-22(4-12-26)33-17-29(38)39/h1-16,33-37H,17-20H2,(H,38,39). The maximum absolute atomic E-state index is 12.3. The number of hydrogen-bond donors (Lipinski definition) is 6. The molecule has 0 heterocycles. The molecule has 0 amide bonds. The van der Waals surface area contributed by atoms with E-state index in [1.54, 1.807) is 84.9 Å². The Hall–Kier alpha value is -6.24. The Morgan fingerprint density at radius 3 is 1.00 bits per heavy atom. The van der Waals surface area contributed by atoms with Crippen molar-refractivity contribution in [3.63, 3.8) is 0 Å². The minimum atomic E-state index is -0.987. The summed E-state index contributed by atoms with van der Waals surface area (Å²) in [7, 11) is 0. The molecule has 0 radical (unpaired) electrons. The van der Waals surface area contributed by atoms with Crippen molar-refractivity contribution in [2.75, 3.05) is 47.4 Å². The topological polar surface area (TPSA) is 185 Å². The molecule has 6 N–H and O–H groups in total. The normalized spacial score (nSPS) is 10.2. The number of aromatic hydroxyl groups is 1. The second-order valence-electron chi connectivity index (χ2n) is 9.35. The molecule has 0 aliphatic rings. The van der Waals surface area contributed by atoms with Crippen LogP contribution in [0.4, 0.5) is 22.7 Å². The van der Waals surface area contributed by atoms with Crippen LogP contribution in [0.1, 0.15) is 0 Å². The number of aliphatic carboxylic acids is 1. The molecule has 0 atom stereocenters. The van der Waals surface area contributed by atoms with Crippen molar-refractivity contribution in [2.45, 2.75) is 0 Å². The molecule has 13 nitrogen and oxygen atoms in total. The van der Waals surface area contributed by atoms with Gasteiger partial charge in [-0.05, 0) is 97.1 Å². The Kier molecular flexibility index (Phi) is 11.2. The van der Waals surface area contributed by atoms with Gasteiger partial charge in [-0.3, -0.25) is 4.79 Å². The summed E-state index contributed by atoms with van der Waals surface area (Å²) in [6.07, 6.45) is 0. The summed E-state index contributed by atoms with van der Waals surface area (Å²) in [6, 6.07) is 25.5. The van der Waals surface area contributed by atoms with E-state index in [0.29, 0.717) is 40.0 Å². The summed E-state index contributed by atoms with van der Waals surface area (Å²) in [5.74, 6) is -1.45. The number of hydrogen-bond acceptors (Lipinski definition) is 12. The van der Waals surface area contributed by atoms with Crippen molar-refractivity contribution in [1.82, 2.24) is 0 Å². The zero-order valence-electron chi connectivity index (χ0n) is 23.8. The Morgan fingerprint density at radius 2 is 0.711 bits per heavy atom. The number of rotatable bonds is 15. The Morgan fingerprint density at radius 1 is 0.444 bits per heavy atom. The molecule has 4 aromatic rings. The summed E-state index contributed by atoms with van der Waals surface area (Å²) < 4.78 is 15.9. The number of phenols is 1.